The summed E-state index contributed by atoms with van der Waals surface area (Å²) >= 11 is 7.24. The third kappa shape index (κ3) is 3.20. The fourth-order valence-electron chi connectivity index (χ4n) is 6.59. The first-order chi connectivity index (χ1) is 18.4. The molecule has 0 heterocycles. The molecule has 180 valence electrons. The van der Waals surface area contributed by atoms with Crippen LogP contribution in [0.15, 0.2) is 106 Å². The fraction of sp³-hybridized carbons (Fsp3) is 0.0556. The van der Waals surface area contributed by atoms with Crippen molar-refractivity contribution < 1.29 is 0 Å². The van der Waals surface area contributed by atoms with E-state index in [-0.39, 0.29) is 0 Å². The van der Waals surface area contributed by atoms with Gasteiger partial charge in [0, 0.05) is 8.95 Å². The Morgan fingerprint density at radius 1 is 0.368 bits per heavy atom. The van der Waals surface area contributed by atoms with E-state index in [1.165, 1.54) is 87.2 Å². The molecule has 2 heteroatoms. The molecule has 0 bridgehead atoms. The van der Waals surface area contributed by atoms with Crippen molar-refractivity contribution in [2.24, 2.45) is 0 Å². The summed E-state index contributed by atoms with van der Waals surface area (Å²) in [6.45, 7) is 4.38. The van der Waals surface area contributed by atoms with Crippen LogP contribution >= 0.6 is 31.9 Å². The van der Waals surface area contributed by atoms with Crippen LogP contribution in [0.5, 0.6) is 0 Å². The molecule has 8 aromatic rings. The van der Waals surface area contributed by atoms with Gasteiger partial charge in [0.2, 0.25) is 0 Å². The molecule has 0 unspecified atom stereocenters. The molecule has 0 aliphatic carbocycles. The van der Waals surface area contributed by atoms with E-state index in [0.717, 1.165) is 8.95 Å². The van der Waals surface area contributed by atoms with E-state index in [1.807, 2.05) is 0 Å². The van der Waals surface area contributed by atoms with Crippen LogP contribution < -0.4 is 0 Å². The van der Waals surface area contributed by atoms with Gasteiger partial charge in [0.25, 0.3) is 0 Å². The molecule has 8 aromatic carbocycles. The van der Waals surface area contributed by atoms with E-state index < -0.39 is 0 Å². The maximum atomic E-state index is 3.62. The Morgan fingerprint density at radius 3 is 1.13 bits per heavy atom. The third-order valence-electron chi connectivity index (χ3n) is 8.23. The number of rotatable bonds is 2. The highest BCUT2D eigenvalue weighted by Crippen LogP contribution is 2.46. The van der Waals surface area contributed by atoms with E-state index in [2.05, 4.69) is 143 Å². The highest BCUT2D eigenvalue weighted by Gasteiger charge is 2.18. The Kier molecular flexibility index (Phi) is 4.75. The normalized spacial score (nSPS) is 12.2. The molecule has 8 rings (SSSR count). The Labute approximate surface area is 237 Å². The van der Waals surface area contributed by atoms with Crippen LogP contribution in [0.1, 0.15) is 11.1 Å². The summed E-state index contributed by atoms with van der Waals surface area (Å²) in [5, 5.41) is 13.4. The quantitative estimate of drug-likeness (QED) is 0.134. The molecular weight excluding hydrogens is 592 g/mol. The molecule has 38 heavy (non-hydrogen) atoms. The maximum Gasteiger partial charge on any atom is 0.0178 e. The molecular formula is C36H22Br2. The van der Waals surface area contributed by atoms with Crippen molar-refractivity contribution >= 4 is 85.7 Å². The van der Waals surface area contributed by atoms with Gasteiger partial charge in [0.05, 0.1) is 0 Å². The number of benzene rings is 8. The molecule has 0 amide bonds. The van der Waals surface area contributed by atoms with Crippen molar-refractivity contribution in [3.8, 4) is 22.3 Å². The molecule has 0 aliphatic heterocycles. The van der Waals surface area contributed by atoms with Crippen molar-refractivity contribution in [2.75, 3.05) is 0 Å². The van der Waals surface area contributed by atoms with Crippen molar-refractivity contribution in [1.82, 2.24) is 0 Å². The highest BCUT2D eigenvalue weighted by atomic mass is 79.9. The van der Waals surface area contributed by atoms with Crippen LogP contribution in [0.25, 0.3) is 76.1 Å². The average Bonchev–Trinajstić information content (AvgIpc) is 2.89. The smallest absolute Gasteiger partial charge is 0.0178 e. The number of aryl methyl sites for hydroxylation is 2. The van der Waals surface area contributed by atoms with Crippen molar-refractivity contribution in [3.63, 3.8) is 0 Å². The third-order valence-corrected chi connectivity index (χ3v) is 9.22. The summed E-state index contributed by atoms with van der Waals surface area (Å²) in [4.78, 5) is 0. The summed E-state index contributed by atoms with van der Waals surface area (Å²) in [5.41, 5.74) is 7.67. The zero-order chi connectivity index (χ0) is 25.7. The topological polar surface area (TPSA) is 0 Å². The fourth-order valence-corrected chi connectivity index (χ4v) is 7.54. The Bertz CT molecular complexity index is 2060. The molecule has 0 radical (unpaired) electrons. The lowest BCUT2D eigenvalue weighted by atomic mass is 9.84. The van der Waals surface area contributed by atoms with E-state index in [1.54, 1.807) is 0 Å². The minimum absolute atomic E-state index is 1.12. The summed E-state index contributed by atoms with van der Waals surface area (Å²) in [6.07, 6.45) is 0. The summed E-state index contributed by atoms with van der Waals surface area (Å²) in [7, 11) is 0. The Morgan fingerprint density at radius 2 is 0.737 bits per heavy atom. The van der Waals surface area contributed by atoms with Crippen molar-refractivity contribution in [3.05, 3.63) is 117 Å². The number of hydrogen-bond donors (Lipinski definition) is 0. The van der Waals surface area contributed by atoms with Gasteiger partial charge in [0.15, 0.2) is 0 Å². The van der Waals surface area contributed by atoms with E-state index in [0.29, 0.717) is 0 Å². The molecule has 0 aromatic heterocycles. The van der Waals surface area contributed by atoms with Gasteiger partial charge in [-0.15, -0.1) is 0 Å². The highest BCUT2D eigenvalue weighted by molar-refractivity contribution is 9.10. The van der Waals surface area contributed by atoms with Crippen LogP contribution in [-0.4, -0.2) is 0 Å². The lowest BCUT2D eigenvalue weighted by molar-refractivity contribution is 1.45. The lowest BCUT2D eigenvalue weighted by Crippen LogP contribution is -1.92. The molecule has 0 saturated heterocycles. The Balaban J connectivity index is 1.45. The van der Waals surface area contributed by atoms with Gasteiger partial charge >= 0.3 is 0 Å². The standard InChI is InChI=1S/C36H22Br2/c1-19-11-29(37)7-9-31(19)25-13-21-3-5-24-16-28-18-26(32-10-8-30(38)12-20(32)2)14-22-4-6-23-15-27(17-25)33(21)35(24)36(23)34(22)28/h3-18H,1-2H3. The van der Waals surface area contributed by atoms with E-state index >= 15 is 0 Å². The first-order valence-corrected chi connectivity index (χ1v) is 14.5. The minimum Gasteiger partial charge on any atom is -0.0537 e. The predicted octanol–water partition coefficient (Wildman–Crippen LogP) is 11.8. The molecule has 0 fully saturated rings. The van der Waals surface area contributed by atoms with Crippen LogP contribution in [0.4, 0.5) is 0 Å². The van der Waals surface area contributed by atoms with E-state index in [9.17, 15) is 0 Å². The van der Waals surface area contributed by atoms with Crippen LogP contribution in [0.2, 0.25) is 0 Å². The van der Waals surface area contributed by atoms with Gasteiger partial charge in [-0.05, 0) is 162 Å². The molecule has 0 spiro atoms. The van der Waals surface area contributed by atoms with Gasteiger partial charge in [-0.25, -0.2) is 0 Å². The minimum atomic E-state index is 1.12. The van der Waals surface area contributed by atoms with Gasteiger partial charge in [-0.2, -0.15) is 0 Å². The SMILES string of the molecule is Cc1cc(Br)ccc1-c1cc2ccc3cc4cc(-c5ccc(Br)cc5C)cc5ccc6cc(c1)c2c3c6c54. The zero-order valence-corrected chi connectivity index (χ0v) is 24.2. The van der Waals surface area contributed by atoms with Crippen molar-refractivity contribution in [2.45, 2.75) is 13.8 Å². The number of halogens is 2. The molecule has 0 atom stereocenters. The first kappa shape index (κ1) is 22.5. The van der Waals surface area contributed by atoms with E-state index in [4.69, 9.17) is 0 Å². The second-order valence-corrected chi connectivity index (χ2v) is 12.4. The monoisotopic (exact) mass is 612 g/mol. The molecule has 0 nitrogen and oxygen atoms in total. The van der Waals surface area contributed by atoms with Gasteiger partial charge in [0.1, 0.15) is 0 Å². The largest absolute Gasteiger partial charge is 0.0537 e. The average molecular weight is 614 g/mol. The molecule has 0 saturated carbocycles. The lowest BCUT2D eigenvalue weighted by Gasteiger charge is -2.19. The van der Waals surface area contributed by atoms with Crippen LogP contribution in [-0.2, 0) is 0 Å². The first-order valence-electron chi connectivity index (χ1n) is 12.9. The summed E-state index contributed by atoms with van der Waals surface area (Å²) in [6, 6.07) is 36.6. The van der Waals surface area contributed by atoms with Crippen molar-refractivity contribution in [1.29, 1.82) is 0 Å². The second kappa shape index (κ2) is 8.02. The maximum absolute atomic E-state index is 3.62. The van der Waals surface area contributed by atoms with Gasteiger partial charge in [-0.1, -0.05) is 68.3 Å². The molecule has 0 aliphatic rings. The molecule has 0 N–H and O–H groups in total. The predicted molar refractivity (Wildman–Crippen MR) is 172 cm³/mol. The van der Waals surface area contributed by atoms with Crippen LogP contribution in [0.3, 0.4) is 0 Å². The van der Waals surface area contributed by atoms with Gasteiger partial charge in [-0.3, -0.25) is 0 Å². The summed E-state index contributed by atoms with van der Waals surface area (Å²) in [5.74, 6) is 0. The number of hydrogen-bond acceptors (Lipinski definition) is 0. The Hall–Kier alpha value is -3.46. The zero-order valence-electron chi connectivity index (χ0n) is 21.0. The summed E-state index contributed by atoms with van der Waals surface area (Å²) < 4.78 is 2.24. The second-order valence-electron chi connectivity index (χ2n) is 10.6. The van der Waals surface area contributed by atoms with Crippen LogP contribution in [0, 0.1) is 13.8 Å². The van der Waals surface area contributed by atoms with Gasteiger partial charge < -0.3 is 0 Å².